The zero-order valence-corrected chi connectivity index (χ0v) is 14.2. The van der Waals surface area contributed by atoms with Gasteiger partial charge in [0, 0.05) is 6.04 Å². The Morgan fingerprint density at radius 3 is 2.35 bits per heavy atom. The van der Waals surface area contributed by atoms with Gasteiger partial charge in [0.05, 0.1) is 7.11 Å². The first-order valence-electron chi connectivity index (χ1n) is 7.67. The van der Waals surface area contributed by atoms with Gasteiger partial charge in [-0.15, -0.1) is 0 Å². The third kappa shape index (κ3) is 4.52. The molecule has 0 saturated heterocycles. The normalized spacial score (nSPS) is 14.9. The summed E-state index contributed by atoms with van der Waals surface area (Å²) in [7, 11) is 1.72. The van der Waals surface area contributed by atoms with Crippen molar-refractivity contribution >= 4 is 0 Å². The molecule has 0 heterocycles. The highest BCUT2D eigenvalue weighted by atomic mass is 16.5. The largest absolute Gasteiger partial charge is 0.497 e. The molecule has 2 nitrogen and oxygen atoms in total. The van der Waals surface area contributed by atoms with Gasteiger partial charge < -0.3 is 10.1 Å². The second-order valence-electron chi connectivity index (χ2n) is 6.84. The van der Waals surface area contributed by atoms with E-state index in [1.807, 2.05) is 0 Å². The Morgan fingerprint density at radius 1 is 1.25 bits per heavy atom. The molecule has 2 atom stereocenters. The molecule has 0 aliphatic carbocycles. The minimum absolute atomic E-state index is 0.341. The highest BCUT2D eigenvalue weighted by Crippen LogP contribution is 2.34. The summed E-state index contributed by atoms with van der Waals surface area (Å²) in [6.07, 6.45) is 1.16. The average molecular weight is 277 g/mol. The van der Waals surface area contributed by atoms with E-state index in [1.165, 1.54) is 11.1 Å². The van der Waals surface area contributed by atoms with Gasteiger partial charge in [-0.25, -0.2) is 0 Å². The summed E-state index contributed by atoms with van der Waals surface area (Å²) < 4.78 is 5.30. The quantitative estimate of drug-likeness (QED) is 0.812. The number of hydrogen-bond donors (Lipinski definition) is 1. The lowest BCUT2D eigenvalue weighted by Gasteiger charge is -2.32. The van der Waals surface area contributed by atoms with E-state index in [1.54, 1.807) is 7.11 Å². The van der Waals surface area contributed by atoms with E-state index in [0.717, 1.165) is 18.7 Å². The van der Waals surface area contributed by atoms with Crippen molar-refractivity contribution < 1.29 is 4.74 Å². The third-order valence-corrected chi connectivity index (χ3v) is 4.37. The minimum atomic E-state index is 0.341. The van der Waals surface area contributed by atoms with E-state index in [-0.39, 0.29) is 0 Å². The van der Waals surface area contributed by atoms with Crippen molar-refractivity contribution in [1.29, 1.82) is 0 Å². The van der Waals surface area contributed by atoms with Crippen LogP contribution in [0.15, 0.2) is 18.2 Å². The average Bonchev–Trinajstić information content (AvgIpc) is 2.37. The highest BCUT2D eigenvalue weighted by Gasteiger charge is 2.24. The number of nitrogens with one attached hydrogen (secondary N) is 1. The summed E-state index contributed by atoms with van der Waals surface area (Å²) in [6.45, 7) is 14.7. The van der Waals surface area contributed by atoms with Crippen molar-refractivity contribution in [2.24, 2.45) is 11.3 Å². The molecule has 0 saturated carbocycles. The van der Waals surface area contributed by atoms with Gasteiger partial charge in [0.15, 0.2) is 0 Å². The van der Waals surface area contributed by atoms with Crippen molar-refractivity contribution in [3.63, 3.8) is 0 Å². The van der Waals surface area contributed by atoms with E-state index < -0.39 is 0 Å². The van der Waals surface area contributed by atoms with Crippen LogP contribution in [-0.4, -0.2) is 13.7 Å². The summed E-state index contributed by atoms with van der Waals surface area (Å²) in [5.74, 6) is 1.60. The van der Waals surface area contributed by atoms with Gasteiger partial charge in [0.1, 0.15) is 5.75 Å². The zero-order valence-electron chi connectivity index (χ0n) is 14.2. The maximum Gasteiger partial charge on any atom is 0.119 e. The Bertz CT molecular complexity index is 420. The van der Waals surface area contributed by atoms with Crippen LogP contribution in [0.25, 0.3) is 0 Å². The van der Waals surface area contributed by atoms with E-state index in [0.29, 0.717) is 17.4 Å². The summed E-state index contributed by atoms with van der Waals surface area (Å²) in [5, 5.41) is 3.64. The van der Waals surface area contributed by atoms with Crippen molar-refractivity contribution in [3.8, 4) is 5.75 Å². The topological polar surface area (TPSA) is 21.3 Å². The van der Waals surface area contributed by atoms with E-state index >= 15 is 0 Å². The highest BCUT2D eigenvalue weighted by molar-refractivity contribution is 5.36. The molecule has 114 valence electrons. The SMILES string of the molecule is CCNC(CC(C)C(C)(C)C)c1ccc(OC)cc1C. The molecule has 0 aliphatic rings. The fraction of sp³-hybridized carbons (Fsp3) is 0.667. The first-order valence-corrected chi connectivity index (χ1v) is 7.67. The lowest BCUT2D eigenvalue weighted by molar-refractivity contribution is 0.223. The molecule has 1 aromatic rings. The predicted molar refractivity (Wildman–Crippen MR) is 87.4 cm³/mol. The number of rotatable bonds is 6. The smallest absolute Gasteiger partial charge is 0.119 e. The molecular formula is C18H31NO. The Kier molecular flexibility index (Phi) is 6.07. The fourth-order valence-electron chi connectivity index (χ4n) is 2.44. The van der Waals surface area contributed by atoms with Gasteiger partial charge in [-0.3, -0.25) is 0 Å². The number of hydrogen-bond acceptors (Lipinski definition) is 2. The first kappa shape index (κ1) is 17.0. The molecule has 1 rings (SSSR count). The van der Waals surface area contributed by atoms with Gasteiger partial charge in [-0.1, -0.05) is 40.7 Å². The second kappa shape index (κ2) is 7.12. The maximum atomic E-state index is 5.30. The zero-order chi connectivity index (χ0) is 15.3. The molecular weight excluding hydrogens is 246 g/mol. The molecule has 0 fully saturated rings. The van der Waals surface area contributed by atoms with Gasteiger partial charge in [-0.2, -0.15) is 0 Å². The van der Waals surface area contributed by atoms with Crippen LogP contribution in [0, 0.1) is 18.3 Å². The minimum Gasteiger partial charge on any atom is -0.497 e. The van der Waals surface area contributed by atoms with Crippen LogP contribution in [0.4, 0.5) is 0 Å². The van der Waals surface area contributed by atoms with Gasteiger partial charge in [-0.05, 0) is 54.5 Å². The number of aryl methyl sites for hydroxylation is 1. The van der Waals surface area contributed by atoms with Crippen molar-refractivity contribution in [1.82, 2.24) is 5.32 Å². The molecule has 0 bridgehead atoms. The van der Waals surface area contributed by atoms with Gasteiger partial charge in [0.25, 0.3) is 0 Å². The molecule has 0 radical (unpaired) electrons. The van der Waals surface area contributed by atoms with Crippen molar-refractivity contribution in [3.05, 3.63) is 29.3 Å². The molecule has 0 spiro atoms. The summed E-state index contributed by atoms with van der Waals surface area (Å²) >= 11 is 0. The summed E-state index contributed by atoms with van der Waals surface area (Å²) in [4.78, 5) is 0. The van der Waals surface area contributed by atoms with Crippen LogP contribution in [0.3, 0.4) is 0 Å². The standard InChI is InChI=1S/C18H31NO/c1-8-19-17(12-14(3)18(4,5)6)16-10-9-15(20-7)11-13(16)2/h9-11,14,17,19H,8,12H2,1-7H3. The second-order valence-corrected chi connectivity index (χ2v) is 6.84. The Morgan fingerprint density at radius 2 is 1.90 bits per heavy atom. The van der Waals surface area contributed by atoms with Crippen LogP contribution in [-0.2, 0) is 0 Å². The molecule has 0 aliphatic heterocycles. The molecule has 0 aromatic heterocycles. The summed E-state index contributed by atoms with van der Waals surface area (Å²) in [6, 6.07) is 6.81. The van der Waals surface area contributed by atoms with E-state index in [2.05, 4.69) is 65.1 Å². The lowest BCUT2D eigenvalue weighted by atomic mass is 9.77. The fourth-order valence-corrected chi connectivity index (χ4v) is 2.44. The molecule has 1 N–H and O–H groups in total. The Labute approximate surface area is 124 Å². The molecule has 2 heteroatoms. The Hall–Kier alpha value is -1.02. The molecule has 0 amide bonds. The van der Waals surface area contributed by atoms with Crippen LogP contribution >= 0.6 is 0 Å². The summed E-state index contributed by atoms with van der Waals surface area (Å²) in [5.41, 5.74) is 3.04. The lowest BCUT2D eigenvalue weighted by Crippen LogP contribution is -2.28. The maximum absolute atomic E-state index is 5.30. The van der Waals surface area contributed by atoms with Crippen LogP contribution in [0.2, 0.25) is 0 Å². The molecule has 2 unspecified atom stereocenters. The monoisotopic (exact) mass is 277 g/mol. The Balaban J connectivity index is 2.96. The number of ether oxygens (including phenoxy) is 1. The first-order chi connectivity index (χ1) is 9.29. The van der Waals surface area contributed by atoms with Crippen LogP contribution in [0.5, 0.6) is 5.75 Å². The molecule has 1 aromatic carbocycles. The number of benzene rings is 1. The van der Waals surface area contributed by atoms with Crippen LogP contribution < -0.4 is 10.1 Å². The van der Waals surface area contributed by atoms with Crippen molar-refractivity contribution in [2.75, 3.05) is 13.7 Å². The van der Waals surface area contributed by atoms with Crippen LogP contribution in [0.1, 0.15) is 58.2 Å². The van der Waals surface area contributed by atoms with E-state index in [9.17, 15) is 0 Å². The molecule has 20 heavy (non-hydrogen) atoms. The van der Waals surface area contributed by atoms with E-state index in [4.69, 9.17) is 4.74 Å². The number of methoxy groups -OCH3 is 1. The van der Waals surface area contributed by atoms with Gasteiger partial charge >= 0.3 is 0 Å². The third-order valence-electron chi connectivity index (χ3n) is 4.37. The van der Waals surface area contributed by atoms with Crippen molar-refractivity contribution in [2.45, 2.75) is 54.0 Å². The predicted octanol–water partition coefficient (Wildman–Crippen LogP) is 4.73. The van der Waals surface area contributed by atoms with Gasteiger partial charge in [0.2, 0.25) is 0 Å².